The van der Waals surface area contributed by atoms with Crippen LogP contribution in [0.4, 0.5) is 11.4 Å². The Balaban J connectivity index is 2.22. The molecule has 0 aliphatic carbocycles. The van der Waals surface area contributed by atoms with E-state index < -0.39 is 0 Å². The van der Waals surface area contributed by atoms with Crippen molar-refractivity contribution in [3.63, 3.8) is 0 Å². The smallest absolute Gasteiger partial charge is 0.255 e. The summed E-state index contributed by atoms with van der Waals surface area (Å²) < 4.78 is 11.5. The summed E-state index contributed by atoms with van der Waals surface area (Å²) in [6.45, 7) is 2.64. The molecule has 6 heteroatoms. The van der Waals surface area contributed by atoms with Gasteiger partial charge in [-0.3, -0.25) is 4.79 Å². The Hall–Kier alpha value is -2.21. The first-order valence-electron chi connectivity index (χ1n) is 7.22. The molecule has 0 aliphatic rings. The van der Waals surface area contributed by atoms with Crippen molar-refractivity contribution in [1.29, 1.82) is 0 Å². The van der Waals surface area contributed by atoms with Gasteiger partial charge in [0.25, 0.3) is 5.91 Å². The molecule has 2 aromatic carbocycles. The second kappa shape index (κ2) is 7.87. The Kier molecular flexibility index (Phi) is 5.87. The van der Waals surface area contributed by atoms with Crippen LogP contribution < -0.4 is 20.5 Å². The van der Waals surface area contributed by atoms with Crippen LogP contribution in [0.2, 0.25) is 0 Å². The molecule has 122 valence electrons. The quantitative estimate of drug-likeness (QED) is 0.742. The van der Waals surface area contributed by atoms with Gasteiger partial charge in [0.15, 0.2) is 0 Å². The van der Waals surface area contributed by atoms with Gasteiger partial charge in [-0.2, -0.15) is 0 Å². The summed E-state index contributed by atoms with van der Waals surface area (Å²) >= 11 is 3.39. The number of rotatable bonds is 6. The molecule has 1 amide bonds. The summed E-state index contributed by atoms with van der Waals surface area (Å²) in [5.41, 5.74) is 7.35. The van der Waals surface area contributed by atoms with Gasteiger partial charge in [-0.25, -0.2) is 0 Å². The van der Waals surface area contributed by atoms with Crippen LogP contribution in [-0.4, -0.2) is 19.6 Å². The standard InChI is InChI=1S/C17H19BrN2O3/c1-3-7-23-13-6-4-5-11(8-13)17(21)20-16-14(18)9-12(19)10-15(16)22-2/h4-6,8-10H,3,7,19H2,1-2H3,(H,20,21). The van der Waals surface area contributed by atoms with E-state index in [1.165, 1.54) is 7.11 Å². The highest BCUT2D eigenvalue weighted by molar-refractivity contribution is 9.10. The Morgan fingerprint density at radius 2 is 2.09 bits per heavy atom. The fourth-order valence-electron chi connectivity index (χ4n) is 2.02. The molecular formula is C17H19BrN2O3. The second-order valence-electron chi connectivity index (χ2n) is 4.91. The van der Waals surface area contributed by atoms with Gasteiger partial charge in [-0.15, -0.1) is 0 Å². The van der Waals surface area contributed by atoms with Crippen molar-refractivity contribution in [3.8, 4) is 11.5 Å². The third-order valence-electron chi connectivity index (χ3n) is 3.10. The van der Waals surface area contributed by atoms with E-state index in [2.05, 4.69) is 21.2 Å². The lowest BCUT2D eigenvalue weighted by molar-refractivity contribution is 0.102. The fourth-order valence-corrected chi connectivity index (χ4v) is 2.58. The van der Waals surface area contributed by atoms with Crippen LogP contribution >= 0.6 is 15.9 Å². The number of halogens is 1. The molecule has 0 aromatic heterocycles. The zero-order chi connectivity index (χ0) is 16.8. The van der Waals surface area contributed by atoms with Gasteiger partial charge in [-0.05, 0) is 46.6 Å². The molecule has 0 spiro atoms. The predicted molar refractivity (Wildman–Crippen MR) is 95.3 cm³/mol. The van der Waals surface area contributed by atoms with Crippen LogP contribution in [0.3, 0.4) is 0 Å². The number of carbonyl (C=O) groups is 1. The van der Waals surface area contributed by atoms with E-state index in [9.17, 15) is 4.79 Å². The SMILES string of the molecule is CCCOc1cccc(C(=O)Nc2c(Br)cc(N)cc2OC)c1. The maximum atomic E-state index is 12.5. The van der Waals surface area contributed by atoms with Crippen LogP contribution in [0.5, 0.6) is 11.5 Å². The number of nitrogens with one attached hydrogen (secondary N) is 1. The highest BCUT2D eigenvalue weighted by atomic mass is 79.9. The summed E-state index contributed by atoms with van der Waals surface area (Å²) in [6.07, 6.45) is 0.909. The van der Waals surface area contributed by atoms with Crippen LogP contribution in [-0.2, 0) is 0 Å². The van der Waals surface area contributed by atoms with Crippen molar-refractivity contribution in [2.24, 2.45) is 0 Å². The number of anilines is 2. The largest absolute Gasteiger partial charge is 0.494 e. The molecule has 0 unspecified atom stereocenters. The number of hydrogen-bond donors (Lipinski definition) is 2. The first-order valence-corrected chi connectivity index (χ1v) is 8.01. The summed E-state index contributed by atoms with van der Waals surface area (Å²) in [6, 6.07) is 10.4. The second-order valence-corrected chi connectivity index (χ2v) is 5.76. The van der Waals surface area contributed by atoms with E-state index in [0.717, 1.165) is 6.42 Å². The molecule has 0 aliphatic heterocycles. The molecule has 0 radical (unpaired) electrons. The third-order valence-corrected chi connectivity index (χ3v) is 3.73. The summed E-state index contributed by atoms with van der Waals surface area (Å²) in [5, 5.41) is 2.83. The Labute approximate surface area is 143 Å². The number of amides is 1. The normalized spacial score (nSPS) is 10.2. The van der Waals surface area contributed by atoms with E-state index >= 15 is 0 Å². The minimum Gasteiger partial charge on any atom is -0.494 e. The molecule has 2 aromatic rings. The number of hydrogen-bond acceptors (Lipinski definition) is 4. The first-order chi connectivity index (χ1) is 11.0. The number of carbonyl (C=O) groups excluding carboxylic acids is 1. The average Bonchev–Trinajstić information content (AvgIpc) is 2.55. The van der Waals surface area contributed by atoms with Gasteiger partial charge in [0.2, 0.25) is 0 Å². The van der Waals surface area contributed by atoms with Gasteiger partial charge < -0.3 is 20.5 Å². The lowest BCUT2D eigenvalue weighted by Crippen LogP contribution is -2.13. The van der Waals surface area contributed by atoms with E-state index in [0.29, 0.717) is 39.5 Å². The lowest BCUT2D eigenvalue weighted by atomic mass is 10.2. The summed E-state index contributed by atoms with van der Waals surface area (Å²) in [7, 11) is 1.52. The van der Waals surface area contributed by atoms with Crippen molar-refractivity contribution in [2.75, 3.05) is 24.8 Å². The molecular weight excluding hydrogens is 360 g/mol. The minimum absolute atomic E-state index is 0.254. The molecule has 0 heterocycles. The molecule has 0 saturated carbocycles. The summed E-state index contributed by atoms with van der Waals surface area (Å²) in [5.74, 6) is 0.905. The molecule has 3 N–H and O–H groups in total. The number of nitrogen functional groups attached to an aromatic ring is 1. The van der Waals surface area contributed by atoms with Crippen LogP contribution in [0.1, 0.15) is 23.7 Å². The predicted octanol–water partition coefficient (Wildman–Crippen LogP) is 4.08. The number of benzene rings is 2. The zero-order valence-electron chi connectivity index (χ0n) is 13.1. The molecule has 0 fully saturated rings. The van der Waals surface area contributed by atoms with Crippen molar-refractivity contribution < 1.29 is 14.3 Å². The van der Waals surface area contributed by atoms with Gasteiger partial charge in [0.1, 0.15) is 11.5 Å². The maximum Gasteiger partial charge on any atom is 0.255 e. The molecule has 2 rings (SSSR count). The van der Waals surface area contributed by atoms with Crippen molar-refractivity contribution in [2.45, 2.75) is 13.3 Å². The average molecular weight is 379 g/mol. The van der Waals surface area contributed by atoms with E-state index in [1.54, 1.807) is 30.3 Å². The van der Waals surface area contributed by atoms with Crippen molar-refractivity contribution >= 4 is 33.2 Å². The van der Waals surface area contributed by atoms with Crippen LogP contribution in [0.15, 0.2) is 40.9 Å². The first kappa shape index (κ1) is 17.1. The van der Waals surface area contributed by atoms with Crippen molar-refractivity contribution in [1.82, 2.24) is 0 Å². The van der Waals surface area contributed by atoms with E-state index in [4.69, 9.17) is 15.2 Å². The minimum atomic E-state index is -0.254. The zero-order valence-corrected chi connectivity index (χ0v) is 14.6. The van der Waals surface area contributed by atoms with Crippen LogP contribution in [0, 0.1) is 0 Å². The van der Waals surface area contributed by atoms with Gasteiger partial charge in [0.05, 0.1) is 19.4 Å². The van der Waals surface area contributed by atoms with Crippen molar-refractivity contribution in [3.05, 3.63) is 46.4 Å². The Morgan fingerprint density at radius 1 is 1.30 bits per heavy atom. The van der Waals surface area contributed by atoms with Gasteiger partial charge >= 0.3 is 0 Å². The Bertz CT molecular complexity index is 704. The number of nitrogens with two attached hydrogens (primary N) is 1. The monoisotopic (exact) mass is 378 g/mol. The highest BCUT2D eigenvalue weighted by Gasteiger charge is 2.14. The molecule has 0 saturated heterocycles. The fraction of sp³-hybridized carbons (Fsp3) is 0.235. The topological polar surface area (TPSA) is 73.6 Å². The maximum absolute atomic E-state index is 12.5. The van der Waals surface area contributed by atoms with Gasteiger partial charge in [0, 0.05) is 21.8 Å². The number of ether oxygens (including phenoxy) is 2. The molecule has 5 nitrogen and oxygen atoms in total. The number of methoxy groups -OCH3 is 1. The summed E-state index contributed by atoms with van der Waals surface area (Å²) in [4.78, 5) is 12.5. The van der Waals surface area contributed by atoms with Gasteiger partial charge in [-0.1, -0.05) is 13.0 Å². The molecule has 23 heavy (non-hydrogen) atoms. The lowest BCUT2D eigenvalue weighted by Gasteiger charge is -2.13. The van der Waals surface area contributed by atoms with Crippen LogP contribution in [0.25, 0.3) is 0 Å². The Morgan fingerprint density at radius 3 is 2.78 bits per heavy atom. The highest BCUT2D eigenvalue weighted by Crippen LogP contribution is 2.35. The molecule has 0 bridgehead atoms. The third kappa shape index (κ3) is 4.39. The van der Waals surface area contributed by atoms with E-state index in [1.807, 2.05) is 13.0 Å². The van der Waals surface area contributed by atoms with E-state index in [-0.39, 0.29) is 5.91 Å². The molecule has 0 atom stereocenters.